The van der Waals surface area contributed by atoms with Gasteiger partial charge in [0.2, 0.25) is 11.6 Å². The van der Waals surface area contributed by atoms with Crippen molar-refractivity contribution in [3.05, 3.63) is 29.3 Å². The maximum Gasteiger partial charge on any atom is 0.300 e. The summed E-state index contributed by atoms with van der Waals surface area (Å²) in [7, 11) is 0. The van der Waals surface area contributed by atoms with E-state index in [0.717, 1.165) is 12.1 Å². The average Bonchev–Trinajstić information content (AvgIpc) is 2.24. The number of benzene rings is 1. The van der Waals surface area contributed by atoms with Crippen LogP contribution in [0.4, 0.5) is 17.6 Å². The summed E-state index contributed by atoms with van der Waals surface area (Å²) < 4.78 is 55.1. The zero-order valence-electron chi connectivity index (χ0n) is 8.27. The Hall–Kier alpha value is -1.59. The molecular formula is C10H8F4O2. The molecule has 0 fully saturated rings. The van der Waals surface area contributed by atoms with Crippen molar-refractivity contribution in [3.63, 3.8) is 0 Å². The molecule has 1 rings (SSSR count). The van der Waals surface area contributed by atoms with Crippen molar-refractivity contribution in [2.45, 2.75) is 13.3 Å². The minimum Gasteiger partial charge on any atom is -0.491 e. The third-order valence-electron chi connectivity index (χ3n) is 1.81. The number of alkyl halides is 2. The van der Waals surface area contributed by atoms with Gasteiger partial charge in [-0.1, -0.05) is 0 Å². The van der Waals surface area contributed by atoms with Gasteiger partial charge in [-0.15, -0.1) is 0 Å². The Morgan fingerprint density at radius 2 is 1.94 bits per heavy atom. The van der Waals surface area contributed by atoms with E-state index in [2.05, 4.69) is 0 Å². The van der Waals surface area contributed by atoms with Gasteiger partial charge in [0.15, 0.2) is 11.6 Å². The van der Waals surface area contributed by atoms with Crippen LogP contribution in [0.1, 0.15) is 17.3 Å². The van der Waals surface area contributed by atoms with Gasteiger partial charge in [0.1, 0.15) is 0 Å². The first-order valence-corrected chi connectivity index (χ1v) is 4.42. The van der Waals surface area contributed by atoms with Crippen molar-refractivity contribution in [1.29, 1.82) is 0 Å². The summed E-state index contributed by atoms with van der Waals surface area (Å²) in [5.41, 5.74) is -0.976. The molecule has 2 nitrogen and oxygen atoms in total. The van der Waals surface area contributed by atoms with E-state index in [1.54, 1.807) is 6.92 Å². The van der Waals surface area contributed by atoms with E-state index in [-0.39, 0.29) is 6.61 Å². The Morgan fingerprint density at radius 3 is 2.44 bits per heavy atom. The number of rotatable bonds is 4. The average molecular weight is 236 g/mol. The van der Waals surface area contributed by atoms with Crippen LogP contribution in [0.15, 0.2) is 12.1 Å². The molecule has 6 heteroatoms. The molecule has 0 saturated heterocycles. The van der Waals surface area contributed by atoms with E-state index in [0.29, 0.717) is 0 Å². The monoisotopic (exact) mass is 236 g/mol. The molecule has 0 bridgehead atoms. The first-order chi connectivity index (χ1) is 7.49. The van der Waals surface area contributed by atoms with Crippen LogP contribution < -0.4 is 4.74 Å². The van der Waals surface area contributed by atoms with Crippen molar-refractivity contribution in [1.82, 2.24) is 0 Å². The van der Waals surface area contributed by atoms with E-state index in [1.807, 2.05) is 0 Å². The van der Waals surface area contributed by atoms with Crippen molar-refractivity contribution >= 4 is 5.78 Å². The van der Waals surface area contributed by atoms with E-state index < -0.39 is 35.2 Å². The molecule has 1 aromatic rings. The van der Waals surface area contributed by atoms with Crippen LogP contribution in [0.3, 0.4) is 0 Å². The highest BCUT2D eigenvalue weighted by molar-refractivity contribution is 5.98. The van der Waals surface area contributed by atoms with Gasteiger partial charge in [-0.3, -0.25) is 4.79 Å². The number of ketones is 1. The third-order valence-corrected chi connectivity index (χ3v) is 1.81. The zero-order valence-corrected chi connectivity index (χ0v) is 8.27. The van der Waals surface area contributed by atoms with Crippen molar-refractivity contribution in [2.24, 2.45) is 0 Å². The van der Waals surface area contributed by atoms with Crippen LogP contribution in [0.5, 0.6) is 5.75 Å². The molecule has 0 aliphatic heterocycles. The van der Waals surface area contributed by atoms with Crippen LogP contribution >= 0.6 is 0 Å². The molecule has 0 spiro atoms. The van der Waals surface area contributed by atoms with Crippen LogP contribution in [0.25, 0.3) is 0 Å². The summed E-state index contributed by atoms with van der Waals surface area (Å²) in [6, 6.07) is 1.72. The maximum atomic E-state index is 13.2. The molecule has 0 aromatic heterocycles. The first-order valence-electron chi connectivity index (χ1n) is 4.42. The lowest BCUT2D eigenvalue weighted by molar-refractivity contribution is 0.0673. The van der Waals surface area contributed by atoms with Crippen LogP contribution in [-0.4, -0.2) is 18.8 Å². The summed E-state index contributed by atoms with van der Waals surface area (Å²) in [5.74, 6) is -5.21. The van der Waals surface area contributed by atoms with E-state index in [4.69, 9.17) is 4.74 Å². The molecule has 16 heavy (non-hydrogen) atoms. The molecule has 0 amide bonds. The minimum absolute atomic E-state index is 0.0957. The number of carbonyl (C=O) groups excluding carboxylic acids is 1. The van der Waals surface area contributed by atoms with Gasteiger partial charge >= 0.3 is 6.43 Å². The molecule has 0 N–H and O–H groups in total. The molecule has 1 aromatic carbocycles. The predicted molar refractivity (Wildman–Crippen MR) is 47.9 cm³/mol. The number of Topliss-reactive ketones (excluding diaryl/α,β-unsaturated/α-hetero) is 1. The standard InChI is InChI=1S/C10H8F4O2/c1-2-16-6-4-3-5(7(11)8(6)12)9(15)10(13)14/h3-4,10H,2H2,1H3. The molecule has 0 aliphatic carbocycles. The van der Waals surface area contributed by atoms with Crippen molar-refractivity contribution < 1.29 is 27.1 Å². The molecule has 0 heterocycles. The van der Waals surface area contributed by atoms with Crippen molar-refractivity contribution in [3.8, 4) is 5.75 Å². The van der Waals surface area contributed by atoms with Gasteiger partial charge in [-0.2, -0.15) is 4.39 Å². The molecule has 0 saturated carbocycles. The van der Waals surface area contributed by atoms with Gasteiger partial charge in [-0.05, 0) is 19.1 Å². The Morgan fingerprint density at radius 1 is 1.31 bits per heavy atom. The predicted octanol–water partition coefficient (Wildman–Crippen LogP) is 2.81. The lowest BCUT2D eigenvalue weighted by atomic mass is 10.1. The Bertz CT molecular complexity index is 404. The van der Waals surface area contributed by atoms with Gasteiger partial charge in [0.25, 0.3) is 0 Å². The van der Waals surface area contributed by atoms with Crippen LogP contribution in [0, 0.1) is 11.6 Å². The van der Waals surface area contributed by atoms with E-state index in [9.17, 15) is 22.4 Å². The number of hydrogen-bond donors (Lipinski definition) is 0. The maximum absolute atomic E-state index is 13.2. The highest BCUT2D eigenvalue weighted by atomic mass is 19.3. The summed E-state index contributed by atoms with van der Waals surface area (Å²) in [6.07, 6.45) is -3.37. The summed E-state index contributed by atoms with van der Waals surface area (Å²) in [4.78, 5) is 10.8. The van der Waals surface area contributed by atoms with E-state index in [1.165, 1.54) is 0 Å². The highest BCUT2D eigenvalue weighted by Gasteiger charge is 2.25. The second-order valence-electron chi connectivity index (χ2n) is 2.84. The summed E-state index contributed by atoms with van der Waals surface area (Å²) in [5, 5.41) is 0. The number of halogens is 4. The van der Waals surface area contributed by atoms with Crippen molar-refractivity contribution in [2.75, 3.05) is 6.61 Å². The lowest BCUT2D eigenvalue weighted by Gasteiger charge is -2.07. The largest absolute Gasteiger partial charge is 0.491 e. The fourth-order valence-electron chi connectivity index (χ4n) is 1.11. The highest BCUT2D eigenvalue weighted by Crippen LogP contribution is 2.24. The zero-order chi connectivity index (χ0) is 12.3. The number of hydrogen-bond acceptors (Lipinski definition) is 2. The molecule has 0 atom stereocenters. The first kappa shape index (κ1) is 12.5. The second kappa shape index (κ2) is 4.96. The smallest absolute Gasteiger partial charge is 0.300 e. The van der Waals surface area contributed by atoms with Gasteiger partial charge in [0.05, 0.1) is 12.2 Å². The fraction of sp³-hybridized carbons (Fsp3) is 0.300. The Labute approximate surface area is 88.8 Å². The minimum atomic E-state index is -3.37. The van der Waals surface area contributed by atoms with Crippen LogP contribution in [0.2, 0.25) is 0 Å². The topological polar surface area (TPSA) is 26.3 Å². The molecule has 88 valence electrons. The Balaban J connectivity index is 3.16. The molecule has 0 aliphatic rings. The molecule has 0 unspecified atom stereocenters. The molecular weight excluding hydrogens is 228 g/mol. The normalized spacial score (nSPS) is 10.6. The van der Waals surface area contributed by atoms with Crippen LogP contribution in [-0.2, 0) is 0 Å². The molecule has 0 radical (unpaired) electrons. The Kier molecular flexibility index (Phi) is 3.87. The fourth-order valence-corrected chi connectivity index (χ4v) is 1.11. The summed E-state index contributed by atoms with van der Waals surface area (Å²) in [6.45, 7) is 1.65. The summed E-state index contributed by atoms with van der Waals surface area (Å²) >= 11 is 0. The van der Waals surface area contributed by atoms with Gasteiger partial charge in [0, 0.05) is 0 Å². The van der Waals surface area contributed by atoms with E-state index >= 15 is 0 Å². The SMILES string of the molecule is CCOc1ccc(C(=O)C(F)F)c(F)c1F. The lowest BCUT2D eigenvalue weighted by Crippen LogP contribution is -2.13. The number of carbonyl (C=O) groups is 1. The van der Waals surface area contributed by atoms with Gasteiger partial charge in [-0.25, -0.2) is 13.2 Å². The number of ether oxygens (including phenoxy) is 1. The third kappa shape index (κ3) is 2.32. The second-order valence-corrected chi connectivity index (χ2v) is 2.84. The van der Waals surface area contributed by atoms with Gasteiger partial charge < -0.3 is 4.74 Å². The quantitative estimate of drug-likeness (QED) is 0.593.